The molecule has 1 fully saturated rings. The number of carbonyl (C=O) groups is 1. The molecule has 0 unspecified atom stereocenters. The van der Waals surface area contributed by atoms with Gasteiger partial charge in [-0.2, -0.15) is 0 Å². The number of ether oxygens (including phenoxy) is 2. The van der Waals surface area contributed by atoms with Crippen molar-refractivity contribution in [3.63, 3.8) is 0 Å². The van der Waals surface area contributed by atoms with E-state index in [9.17, 15) is 4.79 Å². The molecule has 0 radical (unpaired) electrons. The molecule has 1 aliphatic heterocycles. The molecule has 1 amide bonds. The van der Waals surface area contributed by atoms with Crippen molar-refractivity contribution in [2.75, 3.05) is 19.9 Å². The van der Waals surface area contributed by atoms with Gasteiger partial charge < -0.3 is 14.4 Å². The number of rotatable bonds is 4. The lowest BCUT2D eigenvalue weighted by Gasteiger charge is -2.16. The third kappa shape index (κ3) is 4.35. The minimum Gasteiger partial charge on any atom is -0.454 e. The lowest BCUT2D eigenvalue weighted by atomic mass is 10.1. The van der Waals surface area contributed by atoms with E-state index in [0.717, 1.165) is 37.1 Å². The first kappa shape index (κ1) is 17.8. The number of benzene rings is 1. The summed E-state index contributed by atoms with van der Waals surface area (Å²) < 4.78 is 10.5. The Morgan fingerprint density at radius 1 is 1.20 bits per heavy atom. The lowest BCUT2D eigenvalue weighted by molar-refractivity contribution is 0.0390. The first-order valence-corrected chi connectivity index (χ1v) is 8.78. The van der Waals surface area contributed by atoms with Gasteiger partial charge in [0.1, 0.15) is 0 Å². The third-order valence-electron chi connectivity index (χ3n) is 3.98. The molecule has 2 heterocycles. The Hall–Kier alpha value is -1.98. The summed E-state index contributed by atoms with van der Waals surface area (Å²) >= 11 is 12.5. The van der Waals surface area contributed by atoms with Crippen LogP contribution in [0, 0.1) is 6.92 Å². The van der Waals surface area contributed by atoms with Crippen molar-refractivity contribution in [3.05, 3.63) is 46.1 Å². The van der Waals surface area contributed by atoms with Crippen LogP contribution in [0.15, 0.2) is 30.3 Å². The summed E-state index contributed by atoms with van der Waals surface area (Å²) in [7, 11) is 0. The maximum absolute atomic E-state index is 11.8. The molecule has 25 heavy (non-hydrogen) atoms. The van der Waals surface area contributed by atoms with E-state index in [1.807, 2.05) is 31.2 Å². The first-order chi connectivity index (χ1) is 12.0. The molecule has 0 saturated carbocycles. The van der Waals surface area contributed by atoms with Crippen LogP contribution < -0.4 is 4.74 Å². The molecule has 2 aromatic rings. The molecule has 0 N–H and O–H groups in total. The number of aryl methyl sites for hydroxylation is 1. The number of pyridine rings is 1. The molecule has 0 atom stereocenters. The molecular weight excluding hydrogens is 363 g/mol. The highest BCUT2D eigenvalue weighted by atomic mass is 35.5. The van der Waals surface area contributed by atoms with Crippen LogP contribution in [0.2, 0.25) is 10.2 Å². The minimum absolute atomic E-state index is 0.164. The lowest BCUT2D eigenvalue weighted by Crippen LogP contribution is -2.29. The number of halogens is 2. The van der Waals surface area contributed by atoms with Crippen molar-refractivity contribution >= 4 is 29.3 Å². The number of aromatic nitrogens is 1. The Bertz CT molecular complexity index is 760. The molecule has 132 valence electrons. The zero-order valence-corrected chi connectivity index (χ0v) is 15.3. The molecule has 5 nitrogen and oxygen atoms in total. The highest BCUT2D eigenvalue weighted by Crippen LogP contribution is 2.33. The largest absolute Gasteiger partial charge is 0.454 e. The van der Waals surface area contributed by atoms with E-state index in [4.69, 9.17) is 32.7 Å². The van der Waals surface area contributed by atoms with Gasteiger partial charge in [-0.1, -0.05) is 53.0 Å². The minimum atomic E-state index is -0.385. The van der Waals surface area contributed by atoms with E-state index in [1.54, 1.807) is 11.0 Å². The fourth-order valence-electron chi connectivity index (χ4n) is 2.60. The number of nitrogens with zero attached hydrogens (tertiary/aromatic N) is 2. The molecule has 0 spiro atoms. The second-order valence-electron chi connectivity index (χ2n) is 5.84. The molecule has 0 aliphatic carbocycles. The number of amides is 1. The third-order valence-corrected chi connectivity index (χ3v) is 4.54. The van der Waals surface area contributed by atoms with Crippen LogP contribution >= 0.6 is 23.2 Å². The zero-order chi connectivity index (χ0) is 17.8. The second kappa shape index (κ2) is 7.93. The van der Waals surface area contributed by atoms with Crippen molar-refractivity contribution < 1.29 is 14.3 Å². The summed E-state index contributed by atoms with van der Waals surface area (Å²) in [5.41, 5.74) is 2.59. The average molecular weight is 381 g/mol. The normalized spacial score (nSPS) is 13.8. The highest BCUT2D eigenvalue weighted by molar-refractivity contribution is 6.35. The van der Waals surface area contributed by atoms with Gasteiger partial charge in [0.05, 0.1) is 10.7 Å². The van der Waals surface area contributed by atoms with Crippen LogP contribution in [-0.4, -0.2) is 35.9 Å². The predicted octanol–water partition coefficient (Wildman–Crippen LogP) is 4.93. The Morgan fingerprint density at radius 2 is 1.88 bits per heavy atom. The molecule has 1 saturated heterocycles. The van der Waals surface area contributed by atoms with Gasteiger partial charge in [-0.05, 0) is 19.8 Å². The maximum atomic E-state index is 11.8. The van der Waals surface area contributed by atoms with E-state index in [1.165, 1.54) is 0 Å². The Labute approximate surface area is 156 Å². The Balaban J connectivity index is 1.65. The Morgan fingerprint density at radius 3 is 2.56 bits per heavy atom. The predicted molar refractivity (Wildman–Crippen MR) is 97.2 cm³/mol. The van der Waals surface area contributed by atoms with Gasteiger partial charge in [0.15, 0.2) is 10.9 Å². The first-order valence-electron chi connectivity index (χ1n) is 8.02. The maximum Gasteiger partial charge on any atom is 0.412 e. The van der Waals surface area contributed by atoms with E-state index >= 15 is 0 Å². The molecule has 1 aliphatic rings. The Kier molecular flexibility index (Phi) is 5.66. The van der Waals surface area contributed by atoms with Gasteiger partial charge in [-0.15, -0.1) is 0 Å². The topological polar surface area (TPSA) is 51.7 Å². The number of carbonyl (C=O) groups excluding carboxylic acids is 1. The van der Waals surface area contributed by atoms with Crippen LogP contribution in [0.3, 0.4) is 0 Å². The molecule has 1 aromatic heterocycles. The highest BCUT2D eigenvalue weighted by Gasteiger charge is 2.19. The molecule has 7 heteroatoms. The van der Waals surface area contributed by atoms with Gasteiger partial charge in [-0.3, -0.25) is 0 Å². The van der Waals surface area contributed by atoms with E-state index < -0.39 is 0 Å². The number of hydrogen-bond acceptors (Lipinski definition) is 4. The fourth-order valence-corrected chi connectivity index (χ4v) is 3.04. The van der Waals surface area contributed by atoms with Gasteiger partial charge in [-0.25, -0.2) is 9.78 Å². The van der Waals surface area contributed by atoms with Crippen molar-refractivity contribution in [1.29, 1.82) is 0 Å². The zero-order valence-electron chi connectivity index (χ0n) is 13.8. The van der Waals surface area contributed by atoms with Gasteiger partial charge >= 0.3 is 6.09 Å². The van der Waals surface area contributed by atoms with Crippen LogP contribution in [-0.2, 0) is 4.74 Å². The standard InChI is InChI=1S/C18H18Cl2N2O3/c1-12-4-6-13(7-5-12)16-14(19)10-15(17(20)21-16)24-11-25-18(23)22-8-2-3-9-22/h4-7,10H,2-3,8-9,11H2,1H3. The fraction of sp³-hybridized carbons (Fsp3) is 0.333. The van der Waals surface area contributed by atoms with Crippen molar-refractivity contribution in [3.8, 4) is 17.0 Å². The molecule has 0 bridgehead atoms. The number of likely N-dealkylation sites (tertiary alicyclic amines) is 1. The van der Waals surface area contributed by atoms with Crippen molar-refractivity contribution in [2.24, 2.45) is 0 Å². The summed E-state index contributed by atoms with van der Waals surface area (Å²) in [5.74, 6) is 0.275. The second-order valence-corrected chi connectivity index (χ2v) is 6.61. The van der Waals surface area contributed by atoms with Crippen molar-refractivity contribution in [1.82, 2.24) is 9.88 Å². The molecule has 3 rings (SSSR count). The monoisotopic (exact) mass is 380 g/mol. The molecule has 1 aromatic carbocycles. The van der Waals surface area contributed by atoms with Crippen molar-refractivity contribution in [2.45, 2.75) is 19.8 Å². The summed E-state index contributed by atoms with van der Waals surface area (Å²) in [6.07, 6.45) is 1.62. The number of hydrogen-bond donors (Lipinski definition) is 0. The van der Waals surface area contributed by atoms with Gasteiger partial charge in [0, 0.05) is 24.7 Å². The quantitative estimate of drug-likeness (QED) is 0.557. The molecular formula is C18H18Cl2N2O3. The van der Waals surface area contributed by atoms with E-state index in [-0.39, 0.29) is 23.8 Å². The SMILES string of the molecule is Cc1ccc(-c2nc(Cl)c(OCOC(=O)N3CCCC3)cc2Cl)cc1. The van der Waals surface area contributed by atoms with Crippen LogP contribution in [0.1, 0.15) is 18.4 Å². The smallest absolute Gasteiger partial charge is 0.412 e. The van der Waals surface area contributed by atoms with Crippen LogP contribution in [0.5, 0.6) is 5.75 Å². The summed E-state index contributed by atoms with van der Waals surface area (Å²) in [4.78, 5) is 17.8. The summed E-state index contributed by atoms with van der Waals surface area (Å²) in [6.45, 7) is 3.21. The van der Waals surface area contributed by atoms with Gasteiger partial charge in [0.2, 0.25) is 6.79 Å². The van der Waals surface area contributed by atoms with E-state index in [2.05, 4.69) is 4.98 Å². The van der Waals surface area contributed by atoms with Crippen LogP contribution in [0.4, 0.5) is 4.79 Å². The van der Waals surface area contributed by atoms with Gasteiger partial charge in [0.25, 0.3) is 0 Å². The van der Waals surface area contributed by atoms with E-state index in [0.29, 0.717) is 10.7 Å². The summed E-state index contributed by atoms with van der Waals surface area (Å²) in [6, 6.07) is 9.39. The summed E-state index contributed by atoms with van der Waals surface area (Å²) in [5, 5.41) is 0.575. The van der Waals surface area contributed by atoms with Crippen LogP contribution in [0.25, 0.3) is 11.3 Å². The average Bonchev–Trinajstić information content (AvgIpc) is 3.13.